The molecule has 8 nitrogen and oxygen atoms in total. The maximum atomic E-state index is 11.9. The zero-order chi connectivity index (χ0) is 17.7. The Hall–Kier alpha value is -2.65. The van der Waals surface area contributed by atoms with E-state index in [0.717, 1.165) is 17.9 Å². The van der Waals surface area contributed by atoms with Crippen LogP contribution in [0.1, 0.15) is 16.1 Å². The Labute approximate surface area is 138 Å². The third kappa shape index (κ3) is 4.43. The highest BCUT2D eigenvalue weighted by Gasteiger charge is 2.11. The van der Waals surface area contributed by atoms with Crippen LogP contribution in [-0.2, 0) is 16.4 Å². The van der Waals surface area contributed by atoms with Crippen LogP contribution in [0.4, 0.5) is 0 Å². The molecule has 1 aromatic carbocycles. The fourth-order valence-corrected chi connectivity index (χ4v) is 2.44. The lowest BCUT2D eigenvalue weighted by Crippen LogP contribution is -2.26. The fraction of sp³-hybridized carbons (Fsp3) is 0.200. The molecule has 0 saturated carbocycles. The molecule has 2 aromatic rings. The highest BCUT2D eigenvalue weighted by atomic mass is 32.2. The van der Waals surface area contributed by atoms with Crippen LogP contribution in [-0.4, -0.2) is 28.0 Å². The highest BCUT2D eigenvalue weighted by molar-refractivity contribution is 7.89. The number of carbonyl (C=O) groups excluding carboxylic acids is 1. The van der Waals surface area contributed by atoms with Crippen molar-refractivity contribution in [2.75, 3.05) is 13.7 Å². The van der Waals surface area contributed by atoms with E-state index in [1.54, 1.807) is 12.1 Å². The molecule has 9 heteroatoms. The third-order valence-electron chi connectivity index (χ3n) is 3.19. The lowest BCUT2D eigenvalue weighted by molar-refractivity contribution is 0.0923. The van der Waals surface area contributed by atoms with Crippen molar-refractivity contribution in [2.45, 2.75) is 11.3 Å². The maximum Gasteiger partial charge on any atom is 0.287 e. The first-order chi connectivity index (χ1) is 11.3. The van der Waals surface area contributed by atoms with Crippen LogP contribution in [0.25, 0.3) is 0 Å². The van der Waals surface area contributed by atoms with E-state index < -0.39 is 21.4 Å². The van der Waals surface area contributed by atoms with E-state index in [9.17, 15) is 18.0 Å². The second-order valence-electron chi connectivity index (χ2n) is 4.87. The topological polar surface area (TPSA) is 129 Å². The van der Waals surface area contributed by atoms with Crippen molar-refractivity contribution in [3.05, 3.63) is 58.1 Å². The summed E-state index contributed by atoms with van der Waals surface area (Å²) in [6.07, 6.45) is 1.54. The third-order valence-corrected chi connectivity index (χ3v) is 4.12. The molecule has 0 unspecified atom stereocenters. The number of methoxy groups -OCH3 is 1. The molecular weight excluding hydrogens is 336 g/mol. The quantitative estimate of drug-likeness (QED) is 0.768. The summed E-state index contributed by atoms with van der Waals surface area (Å²) in [6, 6.07) is 7.07. The van der Waals surface area contributed by atoms with Crippen molar-refractivity contribution in [1.29, 1.82) is 0 Å². The standard InChI is InChI=1S/C15H16N2O6S/c1-22-14-9-23-13(8-12(14)18)15(19)17-7-6-10-2-4-11(5-3-10)24(16,20)21/h2-5,8-9H,6-7H2,1H3,(H,17,19)(H2,16,20,21). The average molecular weight is 352 g/mol. The van der Waals surface area contributed by atoms with E-state index in [-0.39, 0.29) is 22.9 Å². The summed E-state index contributed by atoms with van der Waals surface area (Å²) in [5.41, 5.74) is 0.367. The van der Waals surface area contributed by atoms with E-state index >= 15 is 0 Å². The van der Waals surface area contributed by atoms with Crippen molar-refractivity contribution >= 4 is 15.9 Å². The van der Waals surface area contributed by atoms with Gasteiger partial charge in [0.2, 0.25) is 21.2 Å². The van der Waals surface area contributed by atoms with Crippen molar-refractivity contribution in [1.82, 2.24) is 5.32 Å². The number of nitrogens with two attached hydrogens (primary N) is 1. The predicted octanol–water partition coefficient (Wildman–Crippen LogP) is 0.268. The molecule has 0 aliphatic heterocycles. The number of amides is 1. The summed E-state index contributed by atoms with van der Waals surface area (Å²) in [4.78, 5) is 23.5. The Morgan fingerprint density at radius 3 is 2.50 bits per heavy atom. The van der Waals surface area contributed by atoms with Gasteiger partial charge in [0, 0.05) is 12.6 Å². The molecule has 0 fully saturated rings. The summed E-state index contributed by atoms with van der Waals surface area (Å²) in [7, 11) is -2.39. The monoisotopic (exact) mass is 352 g/mol. The second-order valence-corrected chi connectivity index (χ2v) is 6.43. The van der Waals surface area contributed by atoms with Crippen LogP contribution < -0.4 is 20.6 Å². The molecule has 0 saturated heterocycles. The Morgan fingerprint density at radius 2 is 1.96 bits per heavy atom. The van der Waals surface area contributed by atoms with Gasteiger partial charge in [-0.25, -0.2) is 13.6 Å². The zero-order valence-electron chi connectivity index (χ0n) is 12.8. The zero-order valence-corrected chi connectivity index (χ0v) is 13.6. The normalized spacial score (nSPS) is 11.1. The molecular formula is C15H16N2O6S. The molecule has 1 heterocycles. The number of benzene rings is 1. The molecule has 1 amide bonds. The lowest BCUT2D eigenvalue weighted by atomic mass is 10.1. The van der Waals surface area contributed by atoms with Gasteiger partial charge in [-0.15, -0.1) is 0 Å². The van der Waals surface area contributed by atoms with E-state index in [2.05, 4.69) is 5.32 Å². The molecule has 1 aromatic heterocycles. The smallest absolute Gasteiger partial charge is 0.287 e. The van der Waals surface area contributed by atoms with Gasteiger partial charge in [-0.1, -0.05) is 12.1 Å². The van der Waals surface area contributed by atoms with Gasteiger partial charge < -0.3 is 14.5 Å². The predicted molar refractivity (Wildman–Crippen MR) is 85.4 cm³/mol. The van der Waals surface area contributed by atoms with E-state index in [4.69, 9.17) is 14.3 Å². The Kier molecular flexibility index (Phi) is 5.37. The van der Waals surface area contributed by atoms with Crippen LogP contribution in [0.3, 0.4) is 0 Å². The van der Waals surface area contributed by atoms with Crippen LogP contribution in [0.2, 0.25) is 0 Å². The van der Waals surface area contributed by atoms with Crippen LogP contribution in [0.5, 0.6) is 5.75 Å². The second kappa shape index (κ2) is 7.28. The first kappa shape index (κ1) is 17.7. The SMILES string of the molecule is COc1coc(C(=O)NCCc2ccc(S(N)(=O)=O)cc2)cc1=O. The van der Waals surface area contributed by atoms with Crippen molar-refractivity contribution < 1.29 is 22.4 Å². The average Bonchev–Trinajstić information content (AvgIpc) is 2.54. The Morgan fingerprint density at radius 1 is 1.29 bits per heavy atom. The van der Waals surface area contributed by atoms with Crippen molar-refractivity contribution in [2.24, 2.45) is 5.14 Å². The van der Waals surface area contributed by atoms with Gasteiger partial charge >= 0.3 is 0 Å². The van der Waals surface area contributed by atoms with Gasteiger partial charge in [0.1, 0.15) is 6.26 Å². The number of sulfonamides is 1. The molecule has 0 bridgehead atoms. The highest BCUT2D eigenvalue weighted by Crippen LogP contribution is 2.09. The summed E-state index contributed by atoms with van der Waals surface area (Å²) in [5.74, 6) is -0.636. The molecule has 0 spiro atoms. The van der Waals surface area contributed by atoms with Crippen LogP contribution >= 0.6 is 0 Å². The number of carbonyl (C=O) groups is 1. The van der Waals surface area contributed by atoms with Crippen molar-refractivity contribution in [3.63, 3.8) is 0 Å². The molecule has 0 atom stereocenters. The van der Waals surface area contributed by atoms with Gasteiger partial charge in [0.15, 0.2) is 5.76 Å². The van der Waals surface area contributed by atoms with Crippen LogP contribution in [0, 0.1) is 0 Å². The first-order valence-corrected chi connectivity index (χ1v) is 8.42. The lowest BCUT2D eigenvalue weighted by Gasteiger charge is -2.06. The summed E-state index contributed by atoms with van der Waals surface area (Å²) in [6.45, 7) is 0.281. The molecule has 128 valence electrons. The number of hydrogen-bond donors (Lipinski definition) is 2. The van der Waals surface area contributed by atoms with Gasteiger partial charge in [-0.05, 0) is 24.1 Å². The number of ether oxygens (including phenoxy) is 1. The minimum atomic E-state index is -3.72. The number of primary sulfonamides is 1. The summed E-state index contributed by atoms with van der Waals surface area (Å²) >= 11 is 0. The molecule has 3 N–H and O–H groups in total. The molecule has 2 rings (SSSR count). The fourth-order valence-electron chi connectivity index (χ4n) is 1.92. The van der Waals surface area contributed by atoms with Gasteiger partial charge in [0.05, 0.1) is 12.0 Å². The van der Waals surface area contributed by atoms with Crippen molar-refractivity contribution in [3.8, 4) is 5.75 Å². The molecule has 24 heavy (non-hydrogen) atoms. The molecule has 0 aliphatic carbocycles. The maximum absolute atomic E-state index is 11.9. The summed E-state index contributed by atoms with van der Waals surface area (Å²) < 4.78 is 32.1. The number of rotatable bonds is 6. The summed E-state index contributed by atoms with van der Waals surface area (Å²) in [5, 5.41) is 7.62. The van der Waals surface area contributed by atoms with Gasteiger partial charge in [-0.2, -0.15) is 0 Å². The van der Waals surface area contributed by atoms with Crippen LogP contribution in [0.15, 0.2) is 50.7 Å². The molecule has 0 radical (unpaired) electrons. The molecule has 0 aliphatic rings. The van der Waals surface area contributed by atoms with E-state index in [1.165, 1.54) is 19.2 Å². The number of nitrogens with one attached hydrogen (secondary N) is 1. The first-order valence-electron chi connectivity index (χ1n) is 6.88. The van der Waals surface area contributed by atoms with Gasteiger partial charge in [-0.3, -0.25) is 9.59 Å². The number of hydrogen-bond acceptors (Lipinski definition) is 6. The Bertz CT molecular complexity index is 887. The van der Waals surface area contributed by atoms with Gasteiger partial charge in [0.25, 0.3) is 5.91 Å². The minimum absolute atomic E-state index is 0.0153. The van der Waals surface area contributed by atoms with E-state index in [0.29, 0.717) is 6.42 Å². The minimum Gasteiger partial charge on any atom is -0.490 e. The Balaban J connectivity index is 1.93. The largest absolute Gasteiger partial charge is 0.490 e. The van der Waals surface area contributed by atoms with E-state index in [1.807, 2.05) is 0 Å².